The van der Waals surface area contributed by atoms with Crippen molar-refractivity contribution in [3.8, 4) is 5.82 Å². The Morgan fingerprint density at radius 2 is 2.12 bits per heavy atom. The maximum Gasteiger partial charge on any atom is 0.191 e. The molecule has 2 aromatic heterocycles. The Morgan fingerprint density at radius 3 is 2.71 bits per heavy atom. The molecule has 90 valence electrons. The Hall–Kier alpha value is -1.56. The van der Waals surface area contributed by atoms with E-state index in [1.54, 1.807) is 10.7 Å². The lowest BCUT2D eigenvalue weighted by molar-refractivity contribution is 0.747. The Labute approximate surface area is 104 Å². The van der Waals surface area contributed by atoms with Crippen molar-refractivity contribution < 1.29 is 0 Å². The zero-order valence-corrected chi connectivity index (χ0v) is 10.9. The quantitative estimate of drug-likeness (QED) is 0.666. The Balaban J connectivity index is 2.41. The third kappa shape index (κ3) is 2.58. The predicted octanol–water partition coefficient (Wildman–Crippen LogP) is 2.09. The van der Waals surface area contributed by atoms with Crippen molar-refractivity contribution in [2.45, 2.75) is 24.9 Å². The number of hydrogen-bond donors (Lipinski definition) is 1. The van der Waals surface area contributed by atoms with Crippen LogP contribution in [0.1, 0.15) is 25.5 Å². The second-order valence-corrected chi connectivity index (χ2v) is 4.75. The van der Waals surface area contributed by atoms with Gasteiger partial charge < -0.3 is 5.73 Å². The van der Waals surface area contributed by atoms with Crippen LogP contribution < -0.4 is 5.73 Å². The summed E-state index contributed by atoms with van der Waals surface area (Å²) in [6, 6.07) is 3.71. The molecule has 0 bridgehead atoms. The van der Waals surface area contributed by atoms with Gasteiger partial charge in [0.15, 0.2) is 11.0 Å². The lowest BCUT2D eigenvalue weighted by Gasteiger charge is -2.04. The van der Waals surface area contributed by atoms with Crippen LogP contribution >= 0.6 is 11.8 Å². The maximum absolute atomic E-state index is 5.73. The molecule has 0 unspecified atom stereocenters. The van der Waals surface area contributed by atoms with Crippen molar-refractivity contribution in [1.82, 2.24) is 19.7 Å². The first kappa shape index (κ1) is 11.9. The highest BCUT2D eigenvalue weighted by atomic mass is 32.2. The van der Waals surface area contributed by atoms with Gasteiger partial charge in [0.2, 0.25) is 0 Å². The molecule has 0 fully saturated rings. The van der Waals surface area contributed by atoms with E-state index in [1.807, 2.05) is 18.5 Å². The van der Waals surface area contributed by atoms with Crippen LogP contribution in [0.3, 0.4) is 0 Å². The summed E-state index contributed by atoms with van der Waals surface area (Å²) in [6.07, 6.45) is 3.81. The van der Waals surface area contributed by atoms with Gasteiger partial charge in [-0.25, -0.2) is 14.6 Å². The zero-order valence-electron chi connectivity index (χ0n) is 10.1. The molecule has 2 rings (SSSR count). The van der Waals surface area contributed by atoms with Crippen LogP contribution in [0.2, 0.25) is 0 Å². The van der Waals surface area contributed by atoms with E-state index in [4.69, 9.17) is 5.73 Å². The Morgan fingerprint density at radius 1 is 1.35 bits per heavy atom. The fraction of sp³-hybridized carbons (Fsp3) is 0.364. The minimum Gasteiger partial charge on any atom is -0.383 e. The van der Waals surface area contributed by atoms with E-state index in [-0.39, 0.29) is 0 Å². The van der Waals surface area contributed by atoms with Crippen molar-refractivity contribution in [1.29, 1.82) is 0 Å². The summed E-state index contributed by atoms with van der Waals surface area (Å²) < 4.78 is 1.73. The number of rotatable bonds is 3. The van der Waals surface area contributed by atoms with Gasteiger partial charge in [-0.05, 0) is 18.2 Å². The van der Waals surface area contributed by atoms with E-state index in [9.17, 15) is 0 Å². The third-order valence-electron chi connectivity index (χ3n) is 2.33. The van der Waals surface area contributed by atoms with Gasteiger partial charge in [-0.3, -0.25) is 0 Å². The molecular formula is C11H15N5S. The summed E-state index contributed by atoms with van der Waals surface area (Å²) in [5, 5.41) is 5.11. The van der Waals surface area contributed by atoms with Crippen LogP contribution in [0, 0.1) is 0 Å². The minimum atomic E-state index is 0.399. The number of nitrogens with zero attached hydrogens (tertiary/aromatic N) is 4. The predicted molar refractivity (Wildman–Crippen MR) is 69.4 cm³/mol. The molecule has 6 heteroatoms. The second kappa shape index (κ2) is 4.75. The summed E-state index contributed by atoms with van der Waals surface area (Å²) in [5.74, 6) is 1.56. The first-order valence-electron chi connectivity index (χ1n) is 5.34. The zero-order chi connectivity index (χ0) is 12.4. The third-order valence-corrected chi connectivity index (χ3v) is 2.88. The highest BCUT2D eigenvalue weighted by Crippen LogP contribution is 2.16. The van der Waals surface area contributed by atoms with Crippen molar-refractivity contribution in [3.63, 3.8) is 0 Å². The largest absolute Gasteiger partial charge is 0.383 e. The van der Waals surface area contributed by atoms with E-state index < -0.39 is 0 Å². The summed E-state index contributed by atoms with van der Waals surface area (Å²) in [4.78, 5) is 8.48. The summed E-state index contributed by atoms with van der Waals surface area (Å²) in [7, 11) is 0. The van der Waals surface area contributed by atoms with E-state index in [2.05, 4.69) is 28.9 Å². The van der Waals surface area contributed by atoms with Gasteiger partial charge in [-0.2, -0.15) is 5.10 Å². The fourth-order valence-electron chi connectivity index (χ4n) is 1.41. The van der Waals surface area contributed by atoms with Gasteiger partial charge in [-0.15, -0.1) is 0 Å². The van der Waals surface area contributed by atoms with Gasteiger partial charge in [0.25, 0.3) is 0 Å². The number of thioether (sulfide) groups is 1. The fourth-order valence-corrected chi connectivity index (χ4v) is 1.79. The van der Waals surface area contributed by atoms with Gasteiger partial charge in [0.1, 0.15) is 5.82 Å². The Bertz CT molecular complexity index is 520. The van der Waals surface area contributed by atoms with Crippen LogP contribution in [0.25, 0.3) is 5.82 Å². The molecule has 0 saturated carbocycles. The Kier molecular flexibility index (Phi) is 3.33. The molecule has 2 heterocycles. The molecular weight excluding hydrogens is 234 g/mol. The standard InChI is InChI=1S/C11H15N5S/c1-7(2)8-4-5-16(15-8)10-6-9(12)13-11(14-10)17-3/h4-7H,1-3H3,(H2,12,13,14). The molecule has 2 N–H and O–H groups in total. The van der Waals surface area contributed by atoms with Gasteiger partial charge >= 0.3 is 0 Å². The van der Waals surface area contributed by atoms with Crippen LogP contribution in [0.4, 0.5) is 5.82 Å². The number of nitrogen functional groups attached to an aromatic ring is 1. The summed E-state index contributed by atoms with van der Waals surface area (Å²) in [5.41, 5.74) is 6.77. The molecule has 2 aromatic rings. The van der Waals surface area contributed by atoms with E-state index in [0.29, 0.717) is 22.7 Å². The first-order chi connectivity index (χ1) is 8.10. The molecule has 0 aliphatic carbocycles. The summed E-state index contributed by atoms with van der Waals surface area (Å²) >= 11 is 1.46. The normalized spacial score (nSPS) is 11.1. The molecule has 0 saturated heterocycles. The molecule has 0 spiro atoms. The van der Waals surface area contributed by atoms with E-state index in [1.165, 1.54) is 11.8 Å². The molecule has 5 nitrogen and oxygen atoms in total. The summed E-state index contributed by atoms with van der Waals surface area (Å²) in [6.45, 7) is 4.21. The number of aromatic nitrogens is 4. The van der Waals surface area contributed by atoms with Crippen molar-refractivity contribution >= 4 is 17.6 Å². The van der Waals surface area contributed by atoms with E-state index in [0.717, 1.165) is 5.69 Å². The van der Waals surface area contributed by atoms with Crippen LogP contribution in [0.15, 0.2) is 23.5 Å². The lowest BCUT2D eigenvalue weighted by Crippen LogP contribution is -2.04. The topological polar surface area (TPSA) is 69.6 Å². The van der Waals surface area contributed by atoms with Gasteiger partial charge in [0, 0.05) is 12.3 Å². The van der Waals surface area contributed by atoms with Crippen LogP contribution in [-0.4, -0.2) is 26.0 Å². The lowest BCUT2D eigenvalue weighted by atomic mass is 10.1. The molecule has 0 aliphatic heterocycles. The highest BCUT2D eigenvalue weighted by molar-refractivity contribution is 7.98. The van der Waals surface area contributed by atoms with Crippen LogP contribution in [-0.2, 0) is 0 Å². The number of hydrogen-bond acceptors (Lipinski definition) is 5. The van der Waals surface area contributed by atoms with Crippen molar-refractivity contribution in [3.05, 3.63) is 24.0 Å². The SMILES string of the molecule is CSc1nc(N)cc(-n2ccc(C(C)C)n2)n1. The van der Waals surface area contributed by atoms with Crippen molar-refractivity contribution in [2.75, 3.05) is 12.0 Å². The molecule has 0 atom stereocenters. The molecule has 0 radical (unpaired) electrons. The van der Waals surface area contributed by atoms with Gasteiger partial charge in [0.05, 0.1) is 5.69 Å². The average molecular weight is 249 g/mol. The molecule has 0 aromatic carbocycles. The minimum absolute atomic E-state index is 0.399. The van der Waals surface area contributed by atoms with Gasteiger partial charge in [-0.1, -0.05) is 25.6 Å². The van der Waals surface area contributed by atoms with E-state index >= 15 is 0 Å². The first-order valence-corrected chi connectivity index (χ1v) is 6.57. The number of anilines is 1. The average Bonchev–Trinajstić information content (AvgIpc) is 2.77. The highest BCUT2D eigenvalue weighted by Gasteiger charge is 2.07. The second-order valence-electron chi connectivity index (χ2n) is 3.98. The molecule has 0 amide bonds. The van der Waals surface area contributed by atoms with Crippen LogP contribution in [0.5, 0.6) is 0 Å². The maximum atomic E-state index is 5.73. The molecule has 0 aliphatic rings. The smallest absolute Gasteiger partial charge is 0.191 e. The number of nitrogens with two attached hydrogens (primary N) is 1. The monoisotopic (exact) mass is 249 g/mol. The molecule has 17 heavy (non-hydrogen) atoms. The van der Waals surface area contributed by atoms with Crippen molar-refractivity contribution in [2.24, 2.45) is 0 Å².